The molecule has 1 fully saturated rings. The second-order valence-electron chi connectivity index (χ2n) is 10.7. The van der Waals surface area contributed by atoms with E-state index in [1.807, 2.05) is 37.3 Å². The van der Waals surface area contributed by atoms with Gasteiger partial charge in [0.05, 0.1) is 15.8 Å². The number of fused-ring (bicyclic) bond motifs is 1. The Kier molecular flexibility index (Phi) is 8.56. The molecule has 41 heavy (non-hydrogen) atoms. The van der Waals surface area contributed by atoms with Gasteiger partial charge in [-0.2, -0.15) is 13.5 Å². The lowest BCUT2D eigenvalue weighted by Crippen LogP contribution is -2.40. The zero-order valence-electron chi connectivity index (χ0n) is 23.3. The maximum Gasteiger partial charge on any atom is 0.343 e. The molecule has 4 aromatic rings. The Morgan fingerprint density at radius 1 is 0.976 bits per heavy atom. The Balaban J connectivity index is 1.63. The van der Waals surface area contributed by atoms with Crippen molar-refractivity contribution in [2.75, 3.05) is 19.6 Å². The lowest BCUT2D eigenvalue weighted by molar-refractivity contribution is 0.207. The summed E-state index contributed by atoms with van der Waals surface area (Å²) >= 11 is 0. The van der Waals surface area contributed by atoms with Crippen molar-refractivity contribution in [2.24, 2.45) is 11.0 Å². The van der Waals surface area contributed by atoms with Gasteiger partial charge in [-0.25, -0.2) is 9.63 Å². The molecule has 0 amide bonds. The van der Waals surface area contributed by atoms with Crippen LogP contribution in [0.25, 0.3) is 11.0 Å². The zero-order chi connectivity index (χ0) is 29.0. The van der Waals surface area contributed by atoms with E-state index in [0.29, 0.717) is 23.2 Å². The van der Waals surface area contributed by atoms with Gasteiger partial charge in [-0.05, 0) is 69.6 Å². The number of nitrogens with zero attached hydrogens (tertiary/aromatic N) is 2. The summed E-state index contributed by atoms with van der Waals surface area (Å²) in [5.41, 5.74) is 2.04. The first-order valence-corrected chi connectivity index (χ1v) is 15.4. The van der Waals surface area contributed by atoms with Gasteiger partial charge in [0, 0.05) is 24.1 Å². The van der Waals surface area contributed by atoms with Gasteiger partial charge in [-0.15, -0.1) is 0 Å². The minimum atomic E-state index is -3.92. The van der Waals surface area contributed by atoms with Gasteiger partial charge in [-0.3, -0.25) is 0 Å². The highest BCUT2D eigenvalue weighted by Gasteiger charge is 2.35. The number of hydrazone groups is 1. The molecular formula is C32H35N3O5S. The third-order valence-electron chi connectivity index (χ3n) is 7.81. The molecule has 9 heteroatoms. The van der Waals surface area contributed by atoms with Crippen molar-refractivity contribution in [1.82, 2.24) is 9.73 Å². The Morgan fingerprint density at radius 2 is 1.63 bits per heavy atom. The fourth-order valence-electron chi connectivity index (χ4n) is 5.57. The van der Waals surface area contributed by atoms with E-state index in [-0.39, 0.29) is 16.2 Å². The van der Waals surface area contributed by atoms with Gasteiger partial charge in [0.2, 0.25) is 0 Å². The van der Waals surface area contributed by atoms with Crippen LogP contribution in [-0.2, 0) is 10.0 Å². The number of aryl methyl sites for hydroxylation is 1. The van der Waals surface area contributed by atoms with Crippen molar-refractivity contribution in [2.45, 2.75) is 43.9 Å². The predicted octanol–water partition coefficient (Wildman–Crippen LogP) is 5.40. The summed E-state index contributed by atoms with van der Waals surface area (Å²) in [6, 6.07) is 22.9. The monoisotopic (exact) mass is 573 g/mol. The van der Waals surface area contributed by atoms with Crippen molar-refractivity contribution in [3.05, 3.63) is 106 Å². The molecule has 5 rings (SSSR count). The van der Waals surface area contributed by atoms with Crippen LogP contribution in [0.15, 0.2) is 98.1 Å². The molecule has 8 nitrogen and oxygen atoms in total. The molecule has 1 aliphatic heterocycles. The van der Waals surface area contributed by atoms with Crippen LogP contribution in [0.5, 0.6) is 5.75 Å². The van der Waals surface area contributed by atoms with Gasteiger partial charge < -0.3 is 14.4 Å². The number of nitrogens with one attached hydrogen (secondary N) is 1. The summed E-state index contributed by atoms with van der Waals surface area (Å²) in [7, 11) is -3.92. The number of hydrogen-bond donors (Lipinski definition) is 2. The molecule has 3 aromatic carbocycles. The first-order chi connectivity index (χ1) is 19.7. The molecule has 0 bridgehead atoms. The Morgan fingerprint density at radius 3 is 2.34 bits per heavy atom. The third kappa shape index (κ3) is 6.36. The minimum Gasteiger partial charge on any atom is -0.507 e. The highest BCUT2D eigenvalue weighted by Crippen LogP contribution is 2.39. The Labute approximate surface area is 240 Å². The smallest absolute Gasteiger partial charge is 0.343 e. The number of aromatic hydroxyl groups is 1. The molecule has 214 valence electrons. The van der Waals surface area contributed by atoms with E-state index in [9.17, 15) is 18.3 Å². The van der Waals surface area contributed by atoms with Gasteiger partial charge >= 0.3 is 5.63 Å². The maximum atomic E-state index is 13.5. The lowest BCUT2D eigenvalue weighted by Gasteiger charge is -2.34. The molecule has 2 N–H and O–H groups in total. The van der Waals surface area contributed by atoms with Crippen molar-refractivity contribution < 1.29 is 17.9 Å². The van der Waals surface area contributed by atoms with E-state index in [2.05, 4.69) is 14.8 Å². The maximum absolute atomic E-state index is 13.5. The van der Waals surface area contributed by atoms with Crippen molar-refractivity contribution in [3.63, 3.8) is 0 Å². The number of para-hydroxylation sites is 1. The fourth-order valence-corrected chi connectivity index (χ4v) is 6.43. The molecule has 0 spiro atoms. The van der Waals surface area contributed by atoms with Crippen molar-refractivity contribution in [1.29, 1.82) is 0 Å². The van der Waals surface area contributed by atoms with Gasteiger partial charge in [-0.1, -0.05) is 66.6 Å². The minimum absolute atomic E-state index is 0.111. The summed E-state index contributed by atoms with van der Waals surface area (Å²) in [4.78, 5) is 18.4. The van der Waals surface area contributed by atoms with E-state index in [1.165, 1.54) is 0 Å². The van der Waals surface area contributed by atoms with Crippen LogP contribution in [0.1, 0.15) is 48.8 Å². The summed E-state index contributed by atoms with van der Waals surface area (Å²) in [6.45, 7) is 5.95. The first-order valence-electron chi connectivity index (χ1n) is 13.9. The number of benzene rings is 3. The van der Waals surface area contributed by atoms with Crippen molar-refractivity contribution in [3.8, 4) is 5.75 Å². The molecule has 2 heterocycles. The second kappa shape index (κ2) is 12.3. The van der Waals surface area contributed by atoms with Crippen LogP contribution < -0.4 is 10.5 Å². The van der Waals surface area contributed by atoms with Crippen LogP contribution in [0, 0.1) is 12.8 Å². The highest BCUT2D eigenvalue weighted by atomic mass is 32.2. The third-order valence-corrected chi connectivity index (χ3v) is 9.03. The number of hydrogen-bond acceptors (Lipinski definition) is 7. The Hall–Kier alpha value is -3.95. The predicted molar refractivity (Wildman–Crippen MR) is 161 cm³/mol. The SMILES string of the molecule is C/C(=N\NS(=O)(=O)c1ccc(C)cc1)C(CN1CCCCC1)C(c1ccccc1)c1c(O)c2ccccc2oc1=O. The molecule has 1 aliphatic rings. The number of sulfonamides is 1. The van der Waals surface area contributed by atoms with E-state index in [4.69, 9.17) is 4.42 Å². The molecule has 1 saturated heterocycles. The molecule has 0 radical (unpaired) electrons. The van der Waals surface area contributed by atoms with E-state index < -0.39 is 27.5 Å². The molecule has 2 unspecified atom stereocenters. The summed E-state index contributed by atoms with van der Waals surface area (Å²) in [6.07, 6.45) is 3.27. The molecule has 0 saturated carbocycles. The second-order valence-corrected chi connectivity index (χ2v) is 12.3. The summed E-state index contributed by atoms with van der Waals surface area (Å²) < 4.78 is 31.9. The van der Waals surface area contributed by atoms with Gasteiger partial charge in [0.1, 0.15) is 11.3 Å². The van der Waals surface area contributed by atoms with Crippen LogP contribution in [-0.4, -0.2) is 43.8 Å². The van der Waals surface area contributed by atoms with Crippen LogP contribution in [0.4, 0.5) is 0 Å². The lowest BCUT2D eigenvalue weighted by atomic mass is 9.78. The van der Waals surface area contributed by atoms with Crippen LogP contribution in [0.3, 0.4) is 0 Å². The molecule has 1 aromatic heterocycles. The van der Waals surface area contributed by atoms with Crippen LogP contribution >= 0.6 is 0 Å². The van der Waals surface area contributed by atoms with E-state index in [1.54, 1.807) is 55.5 Å². The summed E-state index contributed by atoms with van der Waals surface area (Å²) in [5.74, 6) is -1.24. The number of piperidine rings is 1. The first kappa shape index (κ1) is 28.6. The van der Waals surface area contributed by atoms with E-state index >= 15 is 0 Å². The topological polar surface area (TPSA) is 112 Å². The van der Waals surface area contributed by atoms with Crippen molar-refractivity contribution >= 4 is 26.7 Å². The summed E-state index contributed by atoms with van der Waals surface area (Å²) in [5, 5.41) is 16.3. The van der Waals surface area contributed by atoms with Gasteiger partial charge in [0.25, 0.3) is 10.0 Å². The number of likely N-dealkylation sites (tertiary alicyclic amines) is 1. The largest absolute Gasteiger partial charge is 0.507 e. The standard InChI is InChI=1S/C32H35N3O5S/c1-22-15-17-25(18-16-22)41(38,39)34-33-23(2)27(21-35-19-9-4-10-20-35)29(24-11-5-3-6-12-24)30-31(36)26-13-7-8-14-28(26)40-32(30)37/h3,5-8,11-18,27,29,34,36H,4,9-10,19-21H2,1-2H3/b33-23+. The van der Waals surface area contributed by atoms with E-state index in [0.717, 1.165) is 43.5 Å². The Bertz CT molecular complexity index is 1690. The molecular weight excluding hydrogens is 538 g/mol. The normalized spacial score (nSPS) is 16.4. The van der Waals surface area contributed by atoms with Crippen LogP contribution in [0.2, 0.25) is 0 Å². The average molecular weight is 574 g/mol. The average Bonchev–Trinajstić information content (AvgIpc) is 2.98. The zero-order valence-corrected chi connectivity index (χ0v) is 24.1. The highest BCUT2D eigenvalue weighted by molar-refractivity contribution is 7.89. The quantitative estimate of drug-likeness (QED) is 0.158. The number of rotatable bonds is 9. The molecule has 2 atom stereocenters. The molecule has 0 aliphatic carbocycles. The fraction of sp³-hybridized carbons (Fsp3) is 0.312. The van der Waals surface area contributed by atoms with Gasteiger partial charge in [0.15, 0.2) is 0 Å².